The molecule has 1 aliphatic heterocycles. The lowest BCUT2D eigenvalue weighted by Crippen LogP contribution is -2.36. The molecule has 1 saturated heterocycles. The molecule has 0 aliphatic carbocycles. The maximum Gasteiger partial charge on any atom is 0.305 e. The van der Waals surface area contributed by atoms with Crippen LogP contribution in [0, 0.1) is 15.9 Å². The molecule has 2 amide bonds. The zero-order valence-corrected chi connectivity index (χ0v) is 25.0. The monoisotopic (exact) mass is 612 g/mol. The number of carbonyl (C=O) groups is 2. The molecule has 11 nitrogen and oxygen atoms in total. The standard InChI is InChI=1S/C30H34ClFN6O5/c1-35(2)10-5-11-36(3)27-7-4-6-24(28(27)38(41)42)30(40)34-26-16-20(8-9-25(26)31)29(39)33-22-17-21(32)18-23(19-22)37-12-14-43-15-13-37/h4,6-9,16-19H,5,10-15H2,1-3H3,(H,33,39)(H,34,40). The summed E-state index contributed by atoms with van der Waals surface area (Å²) in [4.78, 5) is 43.7. The van der Waals surface area contributed by atoms with Crippen molar-refractivity contribution >= 4 is 51.9 Å². The molecular formula is C30H34ClFN6O5. The molecule has 0 saturated carbocycles. The molecule has 3 aromatic carbocycles. The Morgan fingerprint density at radius 3 is 2.47 bits per heavy atom. The van der Waals surface area contributed by atoms with E-state index in [1.165, 1.54) is 36.4 Å². The van der Waals surface area contributed by atoms with Crippen LogP contribution in [0.15, 0.2) is 54.6 Å². The summed E-state index contributed by atoms with van der Waals surface area (Å²) in [5.74, 6) is -1.82. The molecule has 0 radical (unpaired) electrons. The number of nitrogens with zero attached hydrogens (tertiary/aromatic N) is 4. The summed E-state index contributed by atoms with van der Waals surface area (Å²) in [5.41, 5.74) is 0.932. The molecule has 2 N–H and O–H groups in total. The third kappa shape index (κ3) is 8.19. The number of rotatable bonds is 11. The number of anilines is 4. The van der Waals surface area contributed by atoms with Crippen LogP contribution in [0.3, 0.4) is 0 Å². The first-order chi connectivity index (χ1) is 20.5. The average Bonchev–Trinajstić information content (AvgIpc) is 2.97. The Bertz CT molecular complexity index is 1500. The number of carbonyl (C=O) groups excluding carboxylic acids is 2. The molecule has 1 heterocycles. The van der Waals surface area contributed by atoms with Crippen LogP contribution in [-0.2, 0) is 4.74 Å². The highest BCUT2D eigenvalue weighted by molar-refractivity contribution is 6.34. The first-order valence-corrected chi connectivity index (χ1v) is 14.1. The molecule has 4 rings (SSSR count). The third-order valence-corrected chi connectivity index (χ3v) is 7.28. The van der Waals surface area contributed by atoms with Crippen LogP contribution < -0.4 is 20.4 Å². The molecule has 1 aliphatic rings. The van der Waals surface area contributed by atoms with Crippen LogP contribution >= 0.6 is 11.6 Å². The molecule has 0 spiro atoms. The zero-order valence-electron chi connectivity index (χ0n) is 24.2. The summed E-state index contributed by atoms with van der Waals surface area (Å²) in [7, 11) is 5.63. The minimum absolute atomic E-state index is 0.0894. The van der Waals surface area contributed by atoms with Gasteiger partial charge in [0.25, 0.3) is 11.8 Å². The summed E-state index contributed by atoms with van der Waals surface area (Å²) in [6.45, 7) is 3.61. The van der Waals surface area contributed by atoms with Crippen molar-refractivity contribution in [3.8, 4) is 0 Å². The smallest absolute Gasteiger partial charge is 0.305 e. The molecular weight excluding hydrogens is 579 g/mol. The fourth-order valence-electron chi connectivity index (χ4n) is 4.76. The van der Waals surface area contributed by atoms with Gasteiger partial charge in [-0.2, -0.15) is 0 Å². The van der Waals surface area contributed by atoms with Crippen LogP contribution in [0.2, 0.25) is 5.02 Å². The number of hydrogen-bond donors (Lipinski definition) is 2. The summed E-state index contributed by atoms with van der Waals surface area (Å²) in [6, 6.07) is 13.1. The van der Waals surface area contributed by atoms with Crippen molar-refractivity contribution in [2.75, 3.05) is 81.0 Å². The van der Waals surface area contributed by atoms with E-state index in [1.807, 2.05) is 23.9 Å². The second-order valence-corrected chi connectivity index (χ2v) is 10.8. The normalized spacial score (nSPS) is 13.1. The van der Waals surface area contributed by atoms with E-state index in [0.717, 1.165) is 13.0 Å². The lowest BCUT2D eigenvalue weighted by molar-refractivity contribution is -0.384. The lowest BCUT2D eigenvalue weighted by atomic mass is 10.1. The molecule has 13 heteroatoms. The second-order valence-electron chi connectivity index (χ2n) is 10.4. The first-order valence-electron chi connectivity index (χ1n) is 13.7. The Labute approximate surface area is 254 Å². The van der Waals surface area contributed by atoms with Crippen molar-refractivity contribution in [1.29, 1.82) is 0 Å². The fourth-order valence-corrected chi connectivity index (χ4v) is 4.93. The van der Waals surface area contributed by atoms with E-state index in [2.05, 4.69) is 10.6 Å². The Morgan fingerprint density at radius 2 is 1.77 bits per heavy atom. The van der Waals surface area contributed by atoms with Crippen LogP contribution in [0.5, 0.6) is 0 Å². The van der Waals surface area contributed by atoms with Gasteiger partial charge in [0, 0.05) is 43.6 Å². The molecule has 0 atom stereocenters. The topological polar surface area (TPSA) is 120 Å². The van der Waals surface area contributed by atoms with E-state index in [4.69, 9.17) is 16.3 Å². The first kappa shape index (κ1) is 31.7. The van der Waals surface area contributed by atoms with E-state index in [9.17, 15) is 24.1 Å². The number of halogens is 2. The van der Waals surface area contributed by atoms with Gasteiger partial charge in [-0.05, 0) is 75.6 Å². The predicted molar refractivity (Wildman–Crippen MR) is 166 cm³/mol. The van der Waals surface area contributed by atoms with Gasteiger partial charge in [0.2, 0.25) is 0 Å². The third-order valence-electron chi connectivity index (χ3n) is 6.95. The van der Waals surface area contributed by atoms with E-state index in [-0.39, 0.29) is 33.2 Å². The molecule has 0 aromatic heterocycles. The highest BCUT2D eigenvalue weighted by Gasteiger charge is 2.27. The number of nitro groups is 1. The zero-order chi connectivity index (χ0) is 31.1. The van der Waals surface area contributed by atoms with Gasteiger partial charge < -0.3 is 30.1 Å². The number of nitro benzene ring substituents is 1. The molecule has 1 fully saturated rings. The van der Waals surface area contributed by atoms with E-state index < -0.39 is 22.6 Å². The SMILES string of the molecule is CN(C)CCCN(C)c1cccc(C(=O)Nc2cc(C(=O)Nc3cc(F)cc(N4CCOCC4)c3)ccc2Cl)c1[N+](=O)[O-]. The Morgan fingerprint density at radius 1 is 1.02 bits per heavy atom. The molecule has 3 aromatic rings. The van der Waals surface area contributed by atoms with Gasteiger partial charge in [0.1, 0.15) is 17.1 Å². The fraction of sp³-hybridized carbons (Fsp3) is 0.333. The van der Waals surface area contributed by atoms with Crippen molar-refractivity contribution in [3.63, 3.8) is 0 Å². The van der Waals surface area contributed by atoms with Crippen LogP contribution in [0.25, 0.3) is 0 Å². The second kappa shape index (κ2) is 14.3. The predicted octanol–water partition coefficient (Wildman–Crippen LogP) is 5.12. The van der Waals surface area contributed by atoms with Gasteiger partial charge in [0.15, 0.2) is 0 Å². The van der Waals surface area contributed by atoms with Crippen LogP contribution in [0.4, 0.5) is 32.8 Å². The van der Waals surface area contributed by atoms with Crippen molar-refractivity contribution in [2.24, 2.45) is 0 Å². The number of amides is 2. The number of morpholine rings is 1. The largest absolute Gasteiger partial charge is 0.378 e. The number of para-hydroxylation sites is 1. The van der Waals surface area contributed by atoms with Crippen molar-refractivity contribution in [3.05, 3.63) is 86.7 Å². The maximum absolute atomic E-state index is 14.4. The van der Waals surface area contributed by atoms with Crippen molar-refractivity contribution in [2.45, 2.75) is 6.42 Å². The summed E-state index contributed by atoms with van der Waals surface area (Å²) in [5, 5.41) is 17.5. The van der Waals surface area contributed by atoms with Gasteiger partial charge in [-0.25, -0.2) is 4.39 Å². The number of nitrogens with one attached hydrogen (secondary N) is 2. The minimum atomic E-state index is -0.755. The van der Waals surface area contributed by atoms with Crippen molar-refractivity contribution < 1.29 is 23.6 Å². The average molecular weight is 613 g/mol. The van der Waals surface area contributed by atoms with Gasteiger partial charge in [0.05, 0.1) is 28.8 Å². The lowest BCUT2D eigenvalue weighted by Gasteiger charge is -2.29. The Kier molecular flexibility index (Phi) is 10.5. The summed E-state index contributed by atoms with van der Waals surface area (Å²) >= 11 is 6.33. The Balaban J connectivity index is 1.53. The van der Waals surface area contributed by atoms with Gasteiger partial charge >= 0.3 is 5.69 Å². The van der Waals surface area contributed by atoms with Crippen LogP contribution in [-0.4, -0.2) is 82.2 Å². The molecule has 43 heavy (non-hydrogen) atoms. The summed E-state index contributed by atoms with van der Waals surface area (Å²) in [6.07, 6.45) is 0.770. The molecule has 228 valence electrons. The van der Waals surface area contributed by atoms with Crippen molar-refractivity contribution in [1.82, 2.24) is 4.90 Å². The highest BCUT2D eigenvalue weighted by Crippen LogP contribution is 2.33. The van der Waals surface area contributed by atoms with E-state index in [1.54, 1.807) is 30.1 Å². The number of benzene rings is 3. The van der Waals surface area contributed by atoms with E-state index in [0.29, 0.717) is 44.2 Å². The highest BCUT2D eigenvalue weighted by atomic mass is 35.5. The quantitative estimate of drug-likeness (QED) is 0.226. The van der Waals surface area contributed by atoms with Gasteiger partial charge in [-0.1, -0.05) is 17.7 Å². The Hall–Kier alpha value is -4.26. The maximum atomic E-state index is 14.4. The number of hydrogen-bond acceptors (Lipinski definition) is 8. The minimum Gasteiger partial charge on any atom is -0.378 e. The van der Waals surface area contributed by atoms with Gasteiger partial charge in [-0.15, -0.1) is 0 Å². The molecule has 0 unspecified atom stereocenters. The summed E-state index contributed by atoms with van der Waals surface area (Å²) < 4.78 is 19.7. The van der Waals surface area contributed by atoms with E-state index >= 15 is 0 Å². The van der Waals surface area contributed by atoms with Crippen LogP contribution in [0.1, 0.15) is 27.1 Å². The molecule has 0 bridgehead atoms. The number of ether oxygens (including phenoxy) is 1. The van der Waals surface area contributed by atoms with Gasteiger partial charge in [-0.3, -0.25) is 19.7 Å².